The summed E-state index contributed by atoms with van der Waals surface area (Å²) in [6, 6.07) is 6.05. The minimum Gasteiger partial charge on any atom is -0.487 e. The Bertz CT molecular complexity index is 646. The highest BCUT2D eigenvalue weighted by Crippen LogP contribution is 2.40. The van der Waals surface area contributed by atoms with Crippen LogP contribution in [-0.2, 0) is 19.9 Å². The third-order valence-electron chi connectivity index (χ3n) is 4.04. The van der Waals surface area contributed by atoms with Crippen molar-refractivity contribution >= 4 is 0 Å². The van der Waals surface area contributed by atoms with Crippen LogP contribution in [0.5, 0.6) is 5.75 Å². The SMILES string of the molecule is Cn1ccnc1CCC(O)c1cccc2c1OC(C)(C)C2. The van der Waals surface area contributed by atoms with Crippen LogP contribution in [0.1, 0.15) is 43.3 Å². The van der Waals surface area contributed by atoms with E-state index in [0.29, 0.717) is 6.42 Å². The molecule has 0 spiro atoms. The molecular formula is C17H22N2O2. The van der Waals surface area contributed by atoms with E-state index in [4.69, 9.17) is 4.74 Å². The standard InChI is InChI=1S/C17H22N2O2/c1-17(2)11-12-5-4-6-13(16(12)21-17)14(20)7-8-15-18-9-10-19(15)3/h4-6,9-10,14,20H,7-8,11H2,1-3H3. The number of aliphatic hydroxyl groups is 1. The van der Waals surface area contributed by atoms with E-state index in [2.05, 4.69) is 24.9 Å². The molecule has 0 aliphatic carbocycles. The van der Waals surface area contributed by atoms with Crippen LogP contribution >= 0.6 is 0 Å². The van der Waals surface area contributed by atoms with Crippen molar-refractivity contribution in [1.29, 1.82) is 0 Å². The Balaban J connectivity index is 1.76. The van der Waals surface area contributed by atoms with Gasteiger partial charge in [-0.3, -0.25) is 0 Å². The number of hydrogen-bond acceptors (Lipinski definition) is 3. The van der Waals surface area contributed by atoms with Gasteiger partial charge in [-0.25, -0.2) is 4.98 Å². The van der Waals surface area contributed by atoms with Crippen LogP contribution in [0.4, 0.5) is 0 Å². The van der Waals surface area contributed by atoms with E-state index in [1.54, 1.807) is 6.20 Å². The van der Waals surface area contributed by atoms with Gasteiger partial charge in [-0.2, -0.15) is 0 Å². The molecule has 0 saturated carbocycles. The fraction of sp³-hybridized carbons (Fsp3) is 0.471. The van der Waals surface area contributed by atoms with Crippen LogP contribution in [0.2, 0.25) is 0 Å². The van der Waals surface area contributed by atoms with Gasteiger partial charge in [0.25, 0.3) is 0 Å². The van der Waals surface area contributed by atoms with Gasteiger partial charge in [-0.15, -0.1) is 0 Å². The van der Waals surface area contributed by atoms with Gasteiger partial charge in [-0.05, 0) is 25.8 Å². The average molecular weight is 286 g/mol. The summed E-state index contributed by atoms with van der Waals surface area (Å²) in [6.07, 6.45) is 5.47. The lowest BCUT2D eigenvalue weighted by atomic mass is 9.97. The van der Waals surface area contributed by atoms with Gasteiger partial charge in [0, 0.05) is 37.8 Å². The van der Waals surface area contributed by atoms with Gasteiger partial charge >= 0.3 is 0 Å². The van der Waals surface area contributed by atoms with Gasteiger partial charge in [0.05, 0.1) is 6.10 Å². The minimum atomic E-state index is -0.523. The lowest BCUT2D eigenvalue weighted by Crippen LogP contribution is -2.25. The number of ether oxygens (including phenoxy) is 1. The largest absolute Gasteiger partial charge is 0.487 e. The van der Waals surface area contributed by atoms with Gasteiger partial charge < -0.3 is 14.4 Å². The molecule has 4 nitrogen and oxygen atoms in total. The maximum absolute atomic E-state index is 10.5. The van der Waals surface area contributed by atoms with E-state index in [1.807, 2.05) is 29.9 Å². The number of aliphatic hydroxyl groups excluding tert-OH is 1. The first-order valence-corrected chi connectivity index (χ1v) is 7.41. The molecular weight excluding hydrogens is 264 g/mol. The number of benzene rings is 1. The van der Waals surface area contributed by atoms with Crippen LogP contribution in [0, 0.1) is 0 Å². The fourth-order valence-electron chi connectivity index (χ4n) is 2.96. The maximum atomic E-state index is 10.5. The molecule has 1 atom stereocenters. The molecule has 1 aromatic carbocycles. The Kier molecular flexibility index (Phi) is 3.49. The molecule has 0 saturated heterocycles. The second kappa shape index (κ2) is 5.19. The summed E-state index contributed by atoms with van der Waals surface area (Å²) in [4.78, 5) is 4.30. The van der Waals surface area contributed by atoms with Crippen LogP contribution in [0.3, 0.4) is 0 Å². The van der Waals surface area contributed by atoms with E-state index in [9.17, 15) is 5.11 Å². The van der Waals surface area contributed by atoms with Crippen molar-refractivity contribution in [2.75, 3.05) is 0 Å². The summed E-state index contributed by atoms with van der Waals surface area (Å²) >= 11 is 0. The number of para-hydroxylation sites is 1. The third kappa shape index (κ3) is 2.81. The highest BCUT2D eigenvalue weighted by atomic mass is 16.5. The summed E-state index contributed by atoms with van der Waals surface area (Å²) in [5.74, 6) is 1.86. The summed E-state index contributed by atoms with van der Waals surface area (Å²) in [6.45, 7) is 4.16. The summed E-state index contributed by atoms with van der Waals surface area (Å²) in [5.41, 5.74) is 1.90. The quantitative estimate of drug-likeness (QED) is 0.940. The Morgan fingerprint density at radius 2 is 2.24 bits per heavy atom. The molecule has 1 aromatic heterocycles. The molecule has 0 amide bonds. The highest BCUT2D eigenvalue weighted by Gasteiger charge is 2.32. The molecule has 2 heterocycles. The van der Waals surface area contributed by atoms with Crippen LogP contribution in [-0.4, -0.2) is 20.3 Å². The van der Waals surface area contributed by atoms with Crippen molar-refractivity contribution in [2.24, 2.45) is 7.05 Å². The third-order valence-corrected chi connectivity index (χ3v) is 4.04. The molecule has 0 bridgehead atoms. The number of aromatic nitrogens is 2. The van der Waals surface area contributed by atoms with Crippen molar-refractivity contribution in [1.82, 2.24) is 9.55 Å². The van der Waals surface area contributed by atoms with Crippen LogP contribution < -0.4 is 4.74 Å². The second-order valence-electron chi connectivity index (χ2n) is 6.38. The number of rotatable bonds is 4. The molecule has 0 fully saturated rings. The molecule has 1 aliphatic rings. The number of imidazole rings is 1. The maximum Gasteiger partial charge on any atom is 0.129 e. The first-order valence-electron chi connectivity index (χ1n) is 7.41. The van der Waals surface area contributed by atoms with Crippen LogP contribution in [0.15, 0.2) is 30.6 Å². The van der Waals surface area contributed by atoms with E-state index in [-0.39, 0.29) is 5.60 Å². The Hall–Kier alpha value is -1.81. The Morgan fingerprint density at radius 1 is 1.43 bits per heavy atom. The lowest BCUT2D eigenvalue weighted by Gasteiger charge is -2.20. The predicted molar refractivity (Wildman–Crippen MR) is 81.3 cm³/mol. The summed E-state index contributed by atoms with van der Waals surface area (Å²) < 4.78 is 8.01. The first-order chi connectivity index (χ1) is 9.96. The minimum absolute atomic E-state index is 0.183. The van der Waals surface area contributed by atoms with Gasteiger partial charge in [-0.1, -0.05) is 18.2 Å². The monoisotopic (exact) mass is 286 g/mol. The normalized spacial score (nSPS) is 17.3. The average Bonchev–Trinajstić information content (AvgIpc) is 2.96. The lowest BCUT2D eigenvalue weighted by molar-refractivity contribution is 0.123. The number of nitrogens with zero attached hydrogens (tertiary/aromatic N) is 2. The molecule has 2 aromatic rings. The number of aryl methyl sites for hydroxylation is 2. The molecule has 21 heavy (non-hydrogen) atoms. The molecule has 1 aliphatic heterocycles. The highest BCUT2D eigenvalue weighted by molar-refractivity contribution is 5.46. The first kappa shape index (κ1) is 14.1. The second-order valence-corrected chi connectivity index (χ2v) is 6.38. The zero-order valence-electron chi connectivity index (χ0n) is 12.8. The van der Waals surface area contributed by atoms with Gasteiger partial charge in [0.1, 0.15) is 17.2 Å². The smallest absolute Gasteiger partial charge is 0.129 e. The van der Waals surface area contributed by atoms with Gasteiger partial charge in [0.2, 0.25) is 0 Å². The van der Waals surface area contributed by atoms with Crippen molar-refractivity contribution < 1.29 is 9.84 Å². The molecule has 0 radical (unpaired) electrons. The number of hydrogen-bond donors (Lipinski definition) is 1. The van der Waals surface area contributed by atoms with Crippen molar-refractivity contribution in [2.45, 2.75) is 44.8 Å². The zero-order chi connectivity index (χ0) is 15.0. The fourth-order valence-corrected chi connectivity index (χ4v) is 2.96. The molecule has 1 N–H and O–H groups in total. The Morgan fingerprint density at radius 3 is 2.95 bits per heavy atom. The molecule has 4 heteroatoms. The molecule has 1 unspecified atom stereocenters. The molecule has 3 rings (SSSR count). The summed E-state index contributed by atoms with van der Waals surface area (Å²) in [7, 11) is 1.97. The number of fused-ring (bicyclic) bond motifs is 1. The zero-order valence-corrected chi connectivity index (χ0v) is 12.8. The van der Waals surface area contributed by atoms with E-state index < -0.39 is 6.10 Å². The van der Waals surface area contributed by atoms with Gasteiger partial charge in [0.15, 0.2) is 0 Å². The van der Waals surface area contributed by atoms with Crippen molar-refractivity contribution in [3.63, 3.8) is 0 Å². The topological polar surface area (TPSA) is 47.3 Å². The van der Waals surface area contributed by atoms with E-state index in [0.717, 1.165) is 30.0 Å². The Labute approximate surface area is 125 Å². The van der Waals surface area contributed by atoms with E-state index >= 15 is 0 Å². The predicted octanol–water partition coefficient (Wildman–Crippen LogP) is 2.80. The van der Waals surface area contributed by atoms with Crippen LogP contribution in [0.25, 0.3) is 0 Å². The van der Waals surface area contributed by atoms with Crippen molar-refractivity contribution in [3.05, 3.63) is 47.5 Å². The van der Waals surface area contributed by atoms with Crippen molar-refractivity contribution in [3.8, 4) is 5.75 Å². The van der Waals surface area contributed by atoms with E-state index in [1.165, 1.54) is 5.56 Å². The molecule has 112 valence electrons. The summed E-state index contributed by atoms with van der Waals surface area (Å²) in [5, 5.41) is 10.5.